The smallest absolute Gasteiger partial charge is 0.119 e. The summed E-state index contributed by atoms with van der Waals surface area (Å²) >= 11 is 0. The van der Waals surface area contributed by atoms with Gasteiger partial charge in [-0.1, -0.05) is 12.1 Å². The lowest BCUT2D eigenvalue weighted by Crippen LogP contribution is -2.48. The van der Waals surface area contributed by atoms with Crippen LogP contribution >= 0.6 is 0 Å². The molecule has 18 heavy (non-hydrogen) atoms. The summed E-state index contributed by atoms with van der Waals surface area (Å²) in [6.45, 7) is 2.01. The molecule has 1 aromatic carbocycles. The minimum atomic E-state index is 0.128. The van der Waals surface area contributed by atoms with E-state index in [0.717, 1.165) is 25.3 Å². The fraction of sp³-hybridized carbons (Fsp3) is 0.600. The summed E-state index contributed by atoms with van der Waals surface area (Å²) in [6, 6.07) is 8.25. The second-order valence-electron chi connectivity index (χ2n) is 5.56. The summed E-state index contributed by atoms with van der Waals surface area (Å²) in [7, 11) is 3.86. The van der Waals surface area contributed by atoms with E-state index in [2.05, 4.69) is 24.1 Å². The number of nitrogens with zero attached hydrogens (tertiary/aromatic N) is 1. The Bertz CT molecular complexity index is 388. The third-order valence-electron chi connectivity index (χ3n) is 3.93. The van der Waals surface area contributed by atoms with Crippen LogP contribution in [0, 0.1) is 0 Å². The van der Waals surface area contributed by atoms with Gasteiger partial charge >= 0.3 is 0 Å². The lowest BCUT2D eigenvalue weighted by molar-refractivity contribution is 0.193. The first kappa shape index (κ1) is 13.4. The van der Waals surface area contributed by atoms with E-state index >= 15 is 0 Å². The molecular formula is C15H24N2O. The fourth-order valence-electron chi connectivity index (χ4n) is 2.46. The molecule has 0 radical (unpaired) electrons. The maximum atomic E-state index is 6.24. The van der Waals surface area contributed by atoms with Crippen LogP contribution < -0.4 is 10.5 Å². The zero-order chi connectivity index (χ0) is 13.0. The Labute approximate surface area is 110 Å². The Kier molecular flexibility index (Phi) is 4.25. The van der Waals surface area contributed by atoms with Crippen molar-refractivity contribution in [3.8, 4) is 5.75 Å². The van der Waals surface area contributed by atoms with Crippen molar-refractivity contribution in [3.05, 3.63) is 29.8 Å². The number of rotatable bonds is 6. The van der Waals surface area contributed by atoms with Crippen molar-refractivity contribution >= 4 is 0 Å². The van der Waals surface area contributed by atoms with Crippen molar-refractivity contribution in [1.29, 1.82) is 0 Å². The Morgan fingerprint density at radius 3 is 2.78 bits per heavy atom. The van der Waals surface area contributed by atoms with Gasteiger partial charge in [-0.05, 0) is 57.0 Å². The quantitative estimate of drug-likeness (QED) is 0.840. The predicted octanol–water partition coefficient (Wildman–Crippen LogP) is 2.40. The van der Waals surface area contributed by atoms with Crippen molar-refractivity contribution in [1.82, 2.24) is 4.90 Å². The van der Waals surface area contributed by atoms with E-state index in [-0.39, 0.29) is 5.54 Å². The van der Waals surface area contributed by atoms with E-state index in [1.165, 1.54) is 24.8 Å². The van der Waals surface area contributed by atoms with Crippen LogP contribution in [0.2, 0.25) is 0 Å². The van der Waals surface area contributed by atoms with Gasteiger partial charge in [0.2, 0.25) is 0 Å². The molecule has 0 heterocycles. The lowest BCUT2D eigenvalue weighted by atomic mass is 9.75. The summed E-state index contributed by atoms with van der Waals surface area (Å²) in [5.74, 6) is 0.926. The minimum absolute atomic E-state index is 0.128. The summed E-state index contributed by atoms with van der Waals surface area (Å²) in [6.07, 6.45) is 4.80. The van der Waals surface area contributed by atoms with E-state index in [1.807, 2.05) is 12.1 Å². The highest BCUT2D eigenvalue weighted by molar-refractivity contribution is 5.28. The van der Waals surface area contributed by atoms with E-state index in [1.54, 1.807) is 7.11 Å². The van der Waals surface area contributed by atoms with Gasteiger partial charge in [-0.15, -0.1) is 0 Å². The highest BCUT2D eigenvalue weighted by Crippen LogP contribution is 2.32. The van der Waals surface area contributed by atoms with Crippen molar-refractivity contribution < 1.29 is 4.74 Å². The van der Waals surface area contributed by atoms with E-state index < -0.39 is 0 Å². The number of benzene rings is 1. The molecule has 3 heteroatoms. The van der Waals surface area contributed by atoms with E-state index in [4.69, 9.17) is 10.5 Å². The molecule has 0 saturated heterocycles. The van der Waals surface area contributed by atoms with Crippen molar-refractivity contribution in [2.24, 2.45) is 5.73 Å². The average Bonchev–Trinajstić information content (AvgIpc) is 2.34. The summed E-state index contributed by atoms with van der Waals surface area (Å²) < 4.78 is 5.24. The summed E-state index contributed by atoms with van der Waals surface area (Å²) in [4.78, 5) is 2.34. The molecule has 1 aliphatic carbocycles. The van der Waals surface area contributed by atoms with Gasteiger partial charge < -0.3 is 15.4 Å². The van der Waals surface area contributed by atoms with Gasteiger partial charge in [0, 0.05) is 12.1 Å². The fourth-order valence-corrected chi connectivity index (χ4v) is 2.46. The number of nitrogens with two attached hydrogens (primary N) is 1. The van der Waals surface area contributed by atoms with Crippen molar-refractivity contribution in [2.75, 3.05) is 20.7 Å². The molecule has 1 aromatic rings. The van der Waals surface area contributed by atoms with Crippen LogP contribution in [0.4, 0.5) is 0 Å². The number of ether oxygens (including phenoxy) is 1. The summed E-state index contributed by atoms with van der Waals surface area (Å²) in [5, 5.41) is 0. The molecule has 1 saturated carbocycles. The standard InChI is InChI=1S/C15H24N2O/c1-17(10-9-15(16)7-4-8-15)12-13-5-3-6-14(11-13)18-2/h3,5-6,11H,4,7-10,12,16H2,1-2H3. The average molecular weight is 248 g/mol. The first-order valence-electron chi connectivity index (χ1n) is 6.72. The first-order valence-corrected chi connectivity index (χ1v) is 6.72. The van der Waals surface area contributed by atoms with Crippen LogP contribution in [0.1, 0.15) is 31.2 Å². The van der Waals surface area contributed by atoms with Crippen molar-refractivity contribution in [3.63, 3.8) is 0 Å². The van der Waals surface area contributed by atoms with Gasteiger partial charge in [0.1, 0.15) is 5.75 Å². The zero-order valence-corrected chi connectivity index (χ0v) is 11.5. The predicted molar refractivity (Wildman–Crippen MR) is 74.7 cm³/mol. The molecule has 0 spiro atoms. The molecule has 0 aromatic heterocycles. The molecule has 0 atom stereocenters. The monoisotopic (exact) mass is 248 g/mol. The Hall–Kier alpha value is -1.06. The highest BCUT2D eigenvalue weighted by Gasteiger charge is 2.31. The Balaban J connectivity index is 1.80. The Morgan fingerprint density at radius 1 is 1.39 bits per heavy atom. The van der Waals surface area contributed by atoms with Crippen LogP contribution in [0.5, 0.6) is 5.75 Å². The molecule has 0 aliphatic heterocycles. The Morgan fingerprint density at radius 2 is 2.17 bits per heavy atom. The molecule has 100 valence electrons. The van der Waals surface area contributed by atoms with Crippen molar-refractivity contribution in [2.45, 2.75) is 37.8 Å². The molecule has 2 rings (SSSR count). The molecule has 1 aliphatic rings. The normalized spacial score (nSPS) is 17.6. The molecule has 3 nitrogen and oxygen atoms in total. The zero-order valence-electron chi connectivity index (χ0n) is 11.5. The van der Waals surface area contributed by atoms with Gasteiger partial charge in [0.25, 0.3) is 0 Å². The number of methoxy groups -OCH3 is 1. The topological polar surface area (TPSA) is 38.5 Å². The van der Waals surface area contributed by atoms with Crippen LogP contribution in [0.25, 0.3) is 0 Å². The molecule has 0 bridgehead atoms. The van der Waals surface area contributed by atoms with Gasteiger partial charge in [0.15, 0.2) is 0 Å². The molecule has 1 fully saturated rings. The largest absolute Gasteiger partial charge is 0.497 e. The molecule has 2 N–H and O–H groups in total. The lowest BCUT2D eigenvalue weighted by Gasteiger charge is -2.39. The van der Waals surface area contributed by atoms with Crippen LogP contribution in [0.3, 0.4) is 0 Å². The number of hydrogen-bond donors (Lipinski definition) is 1. The van der Waals surface area contributed by atoms with E-state index in [0.29, 0.717) is 0 Å². The first-order chi connectivity index (χ1) is 8.61. The third-order valence-corrected chi connectivity index (χ3v) is 3.93. The van der Waals surface area contributed by atoms with Gasteiger partial charge in [-0.2, -0.15) is 0 Å². The van der Waals surface area contributed by atoms with Gasteiger partial charge in [-0.25, -0.2) is 0 Å². The molecule has 0 amide bonds. The SMILES string of the molecule is COc1cccc(CN(C)CCC2(N)CCC2)c1. The summed E-state index contributed by atoms with van der Waals surface area (Å²) in [5.41, 5.74) is 7.66. The van der Waals surface area contributed by atoms with E-state index in [9.17, 15) is 0 Å². The molecule has 0 unspecified atom stereocenters. The second kappa shape index (κ2) is 5.72. The van der Waals surface area contributed by atoms with Gasteiger partial charge in [0.05, 0.1) is 7.11 Å². The van der Waals surface area contributed by atoms with Gasteiger partial charge in [-0.3, -0.25) is 0 Å². The second-order valence-corrected chi connectivity index (χ2v) is 5.56. The maximum Gasteiger partial charge on any atom is 0.119 e. The van der Waals surface area contributed by atoms with Crippen LogP contribution in [-0.4, -0.2) is 31.1 Å². The number of hydrogen-bond acceptors (Lipinski definition) is 3. The highest BCUT2D eigenvalue weighted by atomic mass is 16.5. The third kappa shape index (κ3) is 3.47. The maximum absolute atomic E-state index is 6.24. The van der Waals surface area contributed by atoms with Crippen LogP contribution in [-0.2, 0) is 6.54 Å². The van der Waals surface area contributed by atoms with Crippen LogP contribution in [0.15, 0.2) is 24.3 Å². The minimum Gasteiger partial charge on any atom is -0.497 e. The molecular weight excluding hydrogens is 224 g/mol.